The number of aryl methyl sites for hydroxylation is 1. The van der Waals surface area contributed by atoms with Gasteiger partial charge in [0.05, 0.1) is 0 Å². The first-order valence-corrected chi connectivity index (χ1v) is 6.32. The van der Waals surface area contributed by atoms with E-state index < -0.39 is 0 Å². The standard InChI is InChI=1S/C14H20N2O.ClH/c1-10(2)8-14(17)16-12-5-6-13-11(9-12)4-3-7-15-13;/h5-6,9-10,15H,3-4,7-8H2,1-2H3,(H,16,17);1H. The molecule has 0 saturated heterocycles. The monoisotopic (exact) mass is 268 g/mol. The lowest BCUT2D eigenvalue weighted by molar-refractivity contribution is -0.116. The van der Waals surface area contributed by atoms with Crippen LogP contribution in [0.3, 0.4) is 0 Å². The molecule has 0 aliphatic carbocycles. The first-order valence-electron chi connectivity index (χ1n) is 6.32. The average molecular weight is 269 g/mol. The van der Waals surface area contributed by atoms with E-state index in [9.17, 15) is 4.79 Å². The molecule has 2 rings (SSSR count). The van der Waals surface area contributed by atoms with Gasteiger partial charge in [-0.05, 0) is 42.5 Å². The van der Waals surface area contributed by atoms with Crippen LogP contribution in [-0.2, 0) is 11.2 Å². The molecule has 1 aromatic carbocycles. The number of hydrogen-bond donors (Lipinski definition) is 2. The molecule has 18 heavy (non-hydrogen) atoms. The molecule has 0 atom stereocenters. The highest BCUT2D eigenvalue weighted by Gasteiger charge is 2.10. The Morgan fingerprint density at radius 1 is 1.44 bits per heavy atom. The van der Waals surface area contributed by atoms with Crippen LogP contribution >= 0.6 is 12.4 Å². The maximum absolute atomic E-state index is 11.7. The number of rotatable bonds is 3. The van der Waals surface area contributed by atoms with Crippen LogP contribution in [0.5, 0.6) is 0 Å². The summed E-state index contributed by atoms with van der Waals surface area (Å²) in [7, 11) is 0. The molecule has 0 bridgehead atoms. The maximum Gasteiger partial charge on any atom is 0.224 e. The molecule has 1 heterocycles. The molecule has 2 N–H and O–H groups in total. The van der Waals surface area contributed by atoms with Crippen LogP contribution in [0.25, 0.3) is 0 Å². The van der Waals surface area contributed by atoms with E-state index in [4.69, 9.17) is 0 Å². The fourth-order valence-electron chi connectivity index (χ4n) is 2.14. The van der Waals surface area contributed by atoms with Crippen molar-refractivity contribution < 1.29 is 4.79 Å². The molecule has 0 radical (unpaired) electrons. The molecule has 1 aliphatic rings. The van der Waals surface area contributed by atoms with Crippen molar-refractivity contribution in [3.63, 3.8) is 0 Å². The summed E-state index contributed by atoms with van der Waals surface area (Å²) in [6, 6.07) is 6.11. The van der Waals surface area contributed by atoms with Gasteiger partial charge >= 0.3 is 0 Å². The molecule has 4 heteroatoms. The van der Waals surface area contributed by atoms with Crippen LogP contribution in [0.1, 0.15) is 32.3 Å². The first-order chi connectivity index (χ1) is 8.15. The second kappa shape index (κ2) is 6.64. The van der Waals surface area contributed by atoms with Gasteiger partial charge in [-0.15, -0.1) is 12.4 Å². The van der Waals surface area contributed by atoms with Gasteiger partial charge in [-0.3, -0.25) is 4.79 Å². The third kappa shape index (κ3) is 3.91. The number of carbonyl (C=O) groups is 1. The van der Waals surface area contributed by atoms with Crippen LogP contribution < -0.4 is 10.6 Å². The quantitative estimate of drug-likeness (QED) is 0.882. The molecular formula is C14H21ClN2O. The fraction of sp³-hybridized carbons (Fsp3) is 0.500. The molecule has 100 valence electrons. The molecule has 3 nitrogen and oxygen atoms in total. The number of fused-ring (bicyclic) bond motifs is 1. The van der Waals surface area contributed by atoms with Crippen LogP contribution in [0.2, 0.25) is 0 Å². The number of nitrogens with one attached hydrogen (secondary N) is 2. The predicted octanol–water partition coefficient (Wildman–Crippen LogP) is 3.45. The third-order valence-corrected chi connectivity index (χ3v) is 2.92. The van der Waals surface area contributed by atoms with E-state index in [2.05, 4.69) is 36.6 Å². The van der Waals surface area contributed by atoms with Crippen molar-refractivity contribution in [2.45, 2.75) is 33.1 Å². The zero-order valence-corrected chi connectivity index (χ0v) is 11.8. The van der Waals surface area contributed by atoms with Gasteiger partial charge in [-0.2, -0.15) is 0 Å². The summed E-state index contributed by atoms with van der Waals surface area (Å²) in [6.45, 7) is 5.15. The number of hydrogen-bond acceptors (Lipinski definition) is 2. The summed E-state index contributed by atoms with van der Waals surface area (Å²) in [6.07, 6.45) is 2.84. The summed E-state index contributed by atoms with van der Waals surface area (Å²) in [4.78, 5) is 11.7. The van der Waals surface area contributed by atoms with Crippen molar-refractivity contribution >= 4 is 29.7 Å². The Bertz CT molecular complexity index is 418. The lowest BCUT2D eigenvalue weighted by Crippen LogP contribution is -2.15. The van der Waals surface area contributed by atoms with Gasteiger partial charge in [0.25, 0.3) is 0 Å². The van der Waals surface area contributed by atoms with Crippen molar-refractivity contribution in [2.24, 2.45) is 5.92 Å². The summed E-state index contributed by atoms with van der Waals surface area (Å²) in [5.41, 5.74) is 3.43. The minimum absolute atomic E-state index is 0. The largest absolute Gasteiger partial charge is 0.385 e. The van der Waals surface area contributed by atoms with Crippen molar-refractivity contribution in [1.29, 1.82) is 0 Å². The van der Waals surface area contributed by atoms with Gasteiger partial charge in [0.2, 0.25) is 5.91 Å². The highest BCUT2D eigenvalue weighted by molar-refractivity contribution is 5.91. The van der Waals surface area contributed by atoms with Crippen LogP contribution in [0, 0.1) is 5.92 Å². The maximum atomic E-state index is 11.7. The Morgan fingerprint density at radius 3 is 2.94 bits per heavy atom. The Balaban J connectivity index is 0.00000162. The minimum Gasteiger partial charge on any atom is -0.385 e. The van der Waals surface area contributed by atoms with E-state index in [1.54, 1.807) is 0 Å². The summed E-state index contributed by atoms with van der Waals surface area (Å²) >= 11 is 0. The molecule has 0 fully saturated rings. The minimum atomic E-state index is 0. The number of anilines is 2. The van der Waals surface area contributed by atoms with Crippen LogP contribution in [0.15, 0.2) is 18.2 Å². The van der Waals surface area contributed by atoms with Gasteiger partial charge in [0.1, 0.15) is 0 Å². The second-order valence-corrected chi connectivity index (χ2v) is 5.05. The van der Waals surface area contributed by atoms with Gasteiger partial charge in [0.15, 0.2) is 0 Å². The summed E-state index contributed by atoms with van der Waals surface area (Å²) < 4.78 is 0. The van der Waals surface area contributed by atoms with Crippen molar-refractivity contribution in [3.8, 4) is 0 Å². The summed E-state index contributed by atoms with van der Waals surface area (Å²) in [5, 5.41) is 6.32. The van der Waals surface area contributed by atoms with Crippen molar-refractivity contribution in [2.75, 3.05) is 17.2 Å². The highest BCUT2D eigenvalue weighted by Crippen LogP contribution is 2.25. The fourth-order valence-corrected chi connectivity index (χ4v) is 2.14. The Labute approximate surface area is 115 Å². The molecule has 1 aromatic rings. The smallest absolute Gasteiger partial charge is 0.224 e. The van der Waals surface area contributed by atoms with E-state index >= 15 is 0 Å². The molecular weight excluding hydrogens is 248 g/mol. The normalized spacial score (nSPS) is 13.3. The van der Waals surface area contributed by atoms with Gasteiger partial charge in [-0.1, -0.05) is 13.8 Å². The first kappa shape index (κ1) is 14.8. The lowest BCUT2D eigenvalue weighted by Gasteiger charge is -2.19. The van der Waals surface area contributed by atoms with Crippen molar-refractivity contribution in [3.05, 3.63) is 23.8 Å². The second-order valence-electron chi connectivity index (χ2n) is 5.05. The summed E-state index contributed by atoms with van der Waals surface area (Å²) in [5.74, 6) is 0.498. The molecule has 0 aromatic heterocycles. The highest BCUT2D eigenvalue weighted by atomic mass is 35.5. The molecule has 0 spiro atoms. The zero-order chi connectivity index (χ0) is 12.3. The topological polar surface area (TPSA) is 41.1 Å². The number of benzene rings is 1. The van der Waals surface area contributed by atoms with Gasteiger partial charge in [-0.25, -0.2) is 0 Å². The predicted molar refractivity (Wildman–Crippen MR) is 78.6 cm³/mol. The Hall–Kier alpha value is -1.22. The molecule has 1 amide bonds. The molecule has 0 saturated carbocycles. The Kier molecular flexibility index (Phi) is 5.48. The SMILES string of the molecule is CC(C)CC(=O)Nc1ccc2c(c1)CCCN2.Cl. The molecule has 0 unspecified atom stereocenters. The van der Waals surface area contributed by atoms with E-state index in [1.807, 2.05) is 6.07 Å². The number of carbonyl (C=O) groups excluding carboxylic acids is 1. The van der Waals surface area contributed by atoms with Crippen LogP contribution in [0.4, 0.5) is 11.4 Å². The van der Waals surface area contributed by atoms with Crippen LogP contribution in [-0.4, -0.2) is 12.5 Å². The Morgan fingerprint density at radius 2 is 2.22 bits per heavy atom. The molecule has 1 aliphatic heterocycles. The average Bonchev–Trinajstić information content (AvgIpc) is 2.27. The van der Waals surface area contributed by atoms with E-state index in [1.165, 1.54) is 11.3 Å². The lowest BCUT2D eigenvalue weighted by atomic mass is 10.0. The van der Waals surface area contributed by atoms with E-state index in [0.717, 1.165) is 25.1 Å². The third-order valence-electron chi connectivity index (χ3n) is 2.92. The number of amides is 1. The van der Waals surface area contributed by atoms with E-state index in [-0.39, 0.29) is 18.3 Å². The van der Waals surface area contributed by atoms with Gasteiger partial charge in [0, 0.05) is 24.3 Å². The van der Waals surface area contributed by atoms with Gasteiger partial charge < -0.3 is 10.6 Å². The number of halogens is 1. The van der Waals surface area contributed by atoms with E-state index in [0.29, 0.717) is 12.3 Å². The zero-order valence-electron chi connectivity index (χ0n) is 11.0. The van der Waals surface area contributed by atoms with Crippen molar-refractivity contribution in [1.82, 2.24) is 0 Å².